The molecule has 10 heteroatoms. The number of halogens is 8. The summed E-state index contributed by atoms with van der Waals surface area (Å²) in [6.07, 6.45) is 0.0540. The summed E-state index contributed by atoms with van der Waals surface area (Å²) >= 11 is 5.17. The molecule has 2 atom stereocenters. The van der Waals surface area contributed by atoms with Crippen molar-refractivity contribution in [3.8, 4) is 12.3 Å². The maximum atomic E-state index is 14.0. The van der Waals surface area contributed by atoms with Crippen LogP contribution in [0.2, 0.25) is 0 Å². The summed E-state index contributed by atoms with van der Waals surface area (Å²) in [6.45, 7) is 1.78. The first-order chi connectivity index (χ1) is 13.2. The Balaban J connectivity index is 2.19. The molecule has 0 saturated heterocycles. The highest BCUT2D eigenvalue weighted by atomic mass is 35.5. The largest absolute Gasteiger partial charge is 0.460 e. The van der Waals surface area contributed by atoms with E-state index in [1.165, 1.54) is 13.8 Å². The first kappa shape index (κ1) is 23.1. The fourth-order valence-electron chi connectivity index (χ4n) is 3.03. The number of esters is 1. The van der Waals surface area contributed by atoms with E-state index in [2.05, 4.69) is 0 Å². The molecule has 2 nitrogen and oxygen atoms in total. The second-order valence-electron chi connectivity index (χ2n) is 7.04. The number of hydrogen-bond acceptors (Lipinski definition) is 2. The van der Waals surface area contributed by atoms with Gasteiger partial charge in [-0.15, -0.1) is 12.3 Å². The Kier molecular flexibility index (Phi) is 6.29. The highest BCUT2D eigenvalue weighted by Crippen LogP contribution is 2.60. The van der Waals surface area contributed by atoms with E-state index in [1.807, 2.05) is 5.92 Å². The van der Waals surface area contributed by atoms with Crippen molar-refractivity contribution < 1.29 is 40.3 Å². The van der Waals surface area contributed by atoms with E-state index in [1.54, 1.807) is 0 Å². The molecule has 0 unspecified atom stereocenters. The maximum Gasteiger partial charge on any atom is 0.426 e. The summed E-state index contributed by atoms with van der Waals surface area (Å²) < 4.78 is 98.2. The molecule has 1 aromatic carbocycles. The second-order valence-corrected chi connectivity index (χ2v) is 7.45. The van der Waals surface area contributed by atoms with Crippen molar-refractivity contribution in [1.82, 2.24) is 0 Å². The minimum absolute atomic E-state index is 0.655. The monoisotopic (exact) mass is 442 g/mol. The smallest absolute Gasteiger partial charge is 0.426 e. The van der Waals surface area contributed by atoms with Crippen molar-refractivity contribution in [2.75, 3.05) is 0 Å². The summed E-state index contributed by atoms with van der Waals surface area (Å²) in [6, 6.07) is 0. The average molecular weight is 443 g/mol. The number of allylic oxidation sites excluding steroid dienone is 2. The van der Waals surface area contributed by atoms with Crippen LogP contribution in [0, 0.1) is 52.9 Å². The summed E-state index contributed by atoms with van der Waals surface area (Å²) in [5, 5.41) is -1.42. The lowest BCUT2D eigenvalue weighted by atomic mass is 10.1. The van der Waals surface area contributed by atoms with Gasteiger partial charge in [0.25, 0.3) is 0 Å². The molecule has 0 N–H and O–H groups in total. The molecule has 0 bridgehead atoms. The zero-order valence-electron chi connectivity index (χ0n) is 15.1. The molecule has 1 fully saturated rings. The first-order valence-corrected chi connectivity index (χ1v) is 8.51. The molecule has 1 aliphatic carbocycles. The van der Waals surface area contributed by atoms with Crippen LogP contribution in [0.15, 0.2) is 11.1 Å². The molecule has 1 aromatic rings. The molecule has 1 saturated carbocycles. The molecule has 0 radical (unpaired) electrons. The standard InChI is InChI=1S/C19H14ClF7O2/c1-4-5-8-13(21)15(23)9(16(24)14(8)22)7-29-17(28)12-10(18(12,2)3)6-11(20)19(25,26)27/h1,6,10,12H,5,7H2,2-3H3/t10-,12-/m1/s1. The molecule has 29 heavy (non-hydrogen) atoms. The first-order valence-electron chi connectivity index (χ1n) is 8.13. The Labute approximate surface area is 166 Å². The van der Waals surface area contributed by atoms with Gasteiger partial charge in [0.2, 0.25) is 0 Å². The highest BCUT2D eigenvalue weighted by molar-refractivity contribution is 6.30. The van der Waals surface area contributed by atoms with Crippen LogP contribution in [0.1, 0.15) is 25.0 Å². The van der Waals surface area contributed by atoms with Crippen molar-refractivity contribution >= 4 is 17.6 Å². The number of alkyl halides is 3. The van der Waals surface area contributed by atoms with E-state index in [-0.39, 0.29) is 0 Å². The summed E-state index contributed by atoms with van der Waals surface area (Å²) in [4.78, 5) is 12.2. The zero-order valence-corrected chi connectivity index (χ0v) is 15.8. The molecule has 2 rings (SSSR count). The van der Waals surface area contributed by atoms with E-state index in [9.17, 15) is 35.5 Å². The Morgan fingerprint density at radius 2 is 1.62 bits per heavy atom. The Morgan fingerprint density at radius 3 is 2.07 bits per heavy atom. The third-order valence-electron chi connectivity index (χ3n) is 4.84. The van der Waals surface area contributed by atoms with Gasteiger partial charge in [-0.2, -0.15) is 13.2 Å². The maximum absolute atomic E-state index is 14.0. The normalized spacial score (nSPS) is 20.9. The topological polar surface area (TPSA) is 26.3 Å². The van der Waals surface area contributed by atoms with Crippen LogP contribution in [0.4, 0.5) is 30.7 Å². The van der Waals surface area contributed by atoms with Gasteiger partial charge >= 0.3 is 12.1 Å². The van der Waals surface area contributed by atoms with Crippen LogP contribution in [0.5, 0.6) is 0 Å². The van der Waals surface area contributed by atoms with Crippen molar-refractivity contribution in [2.24, 2.45) is 17.3 Å². The zero-order chi connectivity index (χ0) is 22.3. The van der Waals surface area contributed by atoms with Crippen LogP contribution in [-0.2, 0) is 22.6 Å². The van der Waals surface area contributed by atoms with Gasteiger partial charge in [0.15, 0.2) is 23.3 Å². The van der Waals surface area contributed by atoms with E-state index in [0.717, 1.165) is 0 Å². The van der Waals surface area contributed by atoms with Crippen molar-refractivity contribution in [3.63, 3.8) is 0 Å². The van der Waals surface area contributed by atoms with Gasteiger partial charge in [-0.25, -0.2) is 17.6 Å². The van der Waals surface area contributed by atoms with Crippen LogP contribution < -0.4 is 0 Å². The minimum Gasteiger partial charge on any atom is -0.460 e. The number of rotatable bonds is 5. The number of carbonyl (C=O) groups excluding carboxylic acids is 1. The van der Waals surface area contributed by atoms with Crippen LogP contribution in [0.25, 0.3) is 0 Å². The molecular formula is C19H14ClF7O2. The summed E-state index contributed by atoms with van der Waals surface area (Å²) in [5.74, 6) is -8.21. The van der Waals surface area contributed by atoms with Gasteiger partial charge in [-0.1, -0.05) is 31.5 Å². The summed E-state index contributed by atoms with van der Waals surface area (Å²) in [7, 11) is 0. The second kappa shape index (κ2) is 7.90. The van der Waals surface area contributed by atoms with Gasteiger partial charge in [0.05, 0.1) is 11.5 Å². The Hall–Kier alpha value is -2.21. The van der Waals surface area contributed by atoms with E-state index < -0.39 is 81.9 Å². The number of benzene rings is 1. The van der Waals surface area contributed by atoms with Gasteiger partial charge in [0, 0.05) is 12.0 Å². The fourth-order valence-corrected chi connectivity index (χ4v) is 3.17. The number of hydrogen-bond donors (Lipinski definition) is 0. The van der Waals surface area contributed by atoms with Crippen LogP contribution in [-0.4, -0.2) is 12.1 Å². The fraction of sp³-hybridized carbons (Fsp3) is 0.421. The lowest BCUT2D eigenvalue weighted by Crippen LogP contribution is -2.15. The molecule has 0 aliphatic heterocycles. The van der Waals surface area contributed by atoms with Crippen LogP contribution in [0.3, 0.4) is 0 Å². The molecular weight excluding hydrogens is 429 g/mol. The van der Waals surface area contributed by atoms with E-state index >= 15 is 0 Å². The van der Waals surface area contributed by atoms with E-state index in [4.69, 9.17) is 22.8 Å². The average Bonchev–Trinajstić information content (AvgIpc) is 3.16. The lowest BCUT2D eigenvalue weighted by molar-refractivity contribution is -0.147. The number of terminal acetylenes is 1. The van der Waals surface area contributed by atoms with Gasteiger partial charge < -0.3 is 4.74 Å². The van der Waals surface area contributed by atoms with Crippen LogP contribution >= 0.6 is 11.6 Å². The number of carbonyl (C=O) groups is 1. The molecule has 0 spiro atoms. The van der Waals surface area contributed by atoms with Crippen molar-refractivity contribution in [1.29, 1.82) is 0 Å². The highest BCUT2D eigenvalue weighted by Gasteiger charge is 2.62. The SMILES string of the molecule is C#CCc1c(F)c(F)c(COC(=O)[C@H]2[C@@H](C=C(Cl)C(F)(F)F)C2(C)C)c(F)c1F. The van der Waals surface area contributed by atoms with E-state index in [0.29, 0.717) is 6.08 Å². The third kappa shape index (κ3) is 4.37. The predicted molar refractivity (Wildman–Crippen MR) is 89.4 cm³/mol. The molecule has 158 valence electrons. The van der Waals surface area contributed by atoms with Gasteiger partial charge in [-0.3, -0.25) is 4.79 Å². The molecule has 0 heterocycles. The number of ether oxygens (including phenoxy) is 1. The minimum atomic E-state index is -4.80. The van der Waals surface area contributed by atoms with Gasteiger partial charge in [0.1, 0.15) is 11.6 Å². The predicted octanol–water partition coefficient (Wildman–Crippen LogP) is 5.42. The quantitative estimate of drug-likeness (QED) is 0.263. The third-order valence-corrected chi connectivity index (χ3v) is 5.18. The van der Waals surface area contributed by atoms with Crippen molar-refractivity contribution in [3.05, 3.63) is 45.5 Å². The molecule has 0 aromatic heterocycles. The molecule has 0 amide bonds. The lowest BCUT2D eigenvalue weighted by Gasteiger charge is -2.11. The molecule has 1 aliphatic rings. The summed E-state index contributed by atoms with van der Waals surface area (Å²) in [5.41, 5.74) is -3.12. The Morgan fingerprint density at radius 1 is 1.14 bits per heavy atom. The van der Waals surface area contributed by atoms with Crippen molar-refractivity contribution in [2.45, 2.75) is 33.1 Å². The van der Waals surface area contributed by atoms with Gasteiger partial charge in [-0.05, 0) is 11.3 Å². The Bertz CT molecular complexity index is 884.